The summed E-state index contributed by atoms with van der Waals surface area (Å²) in [6.45, 7) is 0. The van der Waals surface area contributed by atoms with Gasteiger partial charge in [-0.25, -0.2) is 4.79 Å². The predicted molar refractivity (Wildman–Crippen MR) is 76.1 cm³/mol. The van der Waals surface area contributed by atoms with Crippen LogP contribution in [0.1, 0.15) is 20.7 Å². The van der Waals surface area contributed by atoms with Crippen LogP contribution in [0.15, 0.2) is 36.4 Å². The van der Waals surface area contributed by atoms with Crippen LogP contribution in [0.3, 0.4) is 0 Å². The zero-order valence-corrected chi connectivity index (χ0v) is 11.3. The number of amides is 1. The lowest BCUT2D eigenvalue weighted by atomic mass is 10.1. The van der Waals surface area contributed by atoms with Crippen molar-refractivity contribution in [1.82, 2.24) is 0 Å². The first-order chi connectivity index (χ1) is 9.88. The van der Waals surface area contributed by atoms with Gasteiger partial charge in [-0.3, -0.25) is 4.79 Å². The Labute approximate surface area is 124 Å². The van der Waals surface area contributed by atoms with E-state index in [2.05, 4.69) is 5.32 Å². The van der Waals surface area contributed by atoms with E-state index in [4.69, 9.17) is 16.7 Å². The number of carboxylic acid groups (broad SMARTS) is 1. The molecule has 0 atom stereocenters. The first-order valence-corrected chi connectivity index (χ1v) is 6.12. The van der Waals surface area contributed by atoms with Crippen molar-refractivity contribution >= 4 is 29.2 Å². The van der Waals surface area contributed by atoms with Crippen LogP contribution >= 0.6 is 11.6 Å². The van der Waals surface area contributed by atoms with Gasteiger partial charge in [0.1, 0.15) is 11.5 Å². The van der Waals surface area contributed by atoms with E-state index in [9.17, 15) is 19.8 Å². The second kappa shape index (κ2) is 5.72. The Hall–Kier alpha value is -2.73. The van der Waals surface area contributed by atoms with Crippen LogP contribution in [0.4, 0.5) is 5.69 Å². The van der Waals surface area contributed by atoms with Gasteiger partial charge in [-0.05, 0) is 36.4 Å². The zero-order chi connectivity index (χ0) is 15.6. The van der Waals surface area contributed by atoms with Gasteiger partial charge in [-0.15, -0.1) is 0 Å². The quantitative estimate of drug-likeness (QED) is 0.652. The molecule has 0 saturated carbocycles. The van der Waals surface area contributed by atoms with Crippen LogP contribution in [0, 0.1) is 0 Å². The van der Waals surface area contributed by atoms with Gasteiger partial charge in [-0.2, -0.15) is 0 Å². The number of halogens is 1. The van der Waals surface area contributed by atoms with E-state index in [0.717, 1.165) is 12.1 Å². The number of phenols is 2. The van der Waals surface area contributed by atoms with Crippen molar-refractivity contribution in [2.24, 2.45) is 0 Å². The van der Waals surface area contributed by atoms with Crippen LogP contribution < -0.4 is 5.32 Å². The van der Waals surface area contributed by atoms with Gasteiger partial charge in [-0.1, -0.05) is 11.6 Å². The first-order valence-electron chi connectivity index (χ1n) is 5.74. The number of benzene rings is 2. The first kappa shape index (κ1) is 14.7. The maximum atomic E-state index is 12.0. The number of aromatic hydroxyl groups is 2. The maximum Gasteiger partial charge on any atom is 0.335 e. The molecule has 0 bridgehead atoms. The minimum absolute atomic E-state index is 0.0560. The molecular formula is C14H10ClNO5. The Morgan fingerprint density at radius 1 is 1.00 bits per heavy atom. The van der Waals surface area contributed by atoms with Crippen LogP contribution in [-0.2, 0) is 0 Å². The third-order valence-corrected chi connectivity index (χ3v) is 2.93. The molecule has 21 heavy (non-hydrogen) atoms. The summed E-state index contributed by atoms with van der Waals surface area (Å²) in [5.74, 6) is -2.52. The highest BCUT2D eigenvalue weighted by Gasteiger charge is 2.15. The SMILES string of the molecule is O=C(O)c1ccc(O)c(NC(=O)c2ccc(Cl)cc2O)c1. The van der Waals surface area contributed by atoms with Gasteiger partial charge < -0.3 is 20.6 Å². The van der Waals surface area contributed by atoms with Gasteiger partial charge >= 0.3 is 5.97 Å². The van der Waals surface area contributed by atoms with E-state index in [1.54, 1.807) is 0 Å². The fraction of sp³-hybridized carbons (Fsp3) is 0. The second-order valence-electron chi connectivity index (χ2n) is 4.15. The molecule has 0 spiro atoms. The molecule has 1 amide bonds. The van der Waals surface area contributed by atoms with Gasteiger partial charge in [0.25, 0.3) is 5.91 Å². The number of nitrogens with one attached hydrogen (secondary N) is 1. The minimum Gasteiger partial charge on any atom is -0.507 e. The van der Waals surface area contributed by atoms with Crippen molar-refractivity contribution in [2.75, 3.05) is 5.32 Å². The molecule has 0 radical (unpaired) electrons. The fourth-order valence-electron chi connectivity index (χ4n) is 1.66. The number of hydrogen-bond donors (Lipinski definition) is 4. The standard InChI is InChI=1S/C14H10ClNO5/c15-8-2-3-9(12(18)6-8)13(19)16-10-5-7(14(20)21)1-4-11(10)17/h1-6,17-18H,(H,16,19)(H,20,21). The number of carbonyl (C=O) groups excluding carboxylic acids is 1. The molecule has 0 aliphatic heterocycles. The van der Waals surface area contributed by atoms with E-state index in [0.29, 0.717) is 0 Å². The molecule has 6 nitrogen and oxygen atoms in total. The Kier molecular flexibility index (Phi) is 4.00. The lowest BCUT2D eigenvalue weighted by Crippen LogP contribution is -2.12. The largest absolute Gasteiger partial charge is 0.507 e. The zero-order valence-electron chi connectivity index (χ0n) is 10.5. The predicted octanol–water partition coefficient (Wildman–Crippen LogP) is 2.70. The third-order valence-electron chi connectivity index (χ3n) is 2.70. The molecular weight excluding hydrogens is 298 g/mol. The Bertz CT molecular complexity index is 729. The van der Waals surface area contributed by atoms with E-state index < -0.39 is 11.9 Å². The average Bonchev–Trinajstić information content (AvgIpc) is 2.40. The highest BCUT2D eigenvalue weighted by atomic mass is 35.5. The number of carboxylic acids is 1. The van der Waals surface area contributed by atoms with Crippen LogP contribution in [0.5, 0.6) is 11.5 Å². The fourth-order valence-corrected chi connectivity index (χ4v) is 1.82. The van der Waals surface area contributed by atoms with Crippen molar-refractivity contribution in [3.8, 4) is 11.5 Å². The normalized spacial score (nSPS) is 10.1. The van der Waals surface area contributed by atoms with Gasteiger partial charge in [0.2, 0.25) is 0 Å². The molecule has 108 valence electrons. The molecule has 4 N–H and O–H groups in total. The van der Waals surface area contributed by atoms with Crippen molar-refractivity contribution in [3.63, 3.8) is 0 Å². The van der Waals surface area contributed by atoms with Crippen molar-refractivity contribution in [1.29, 1.82) is 0 Å². The van der Waals surface area contributed by atoms with Crippen molar-refractivity contribution < 1.29 is 24.9 Å². The number of hydrogen-bond acceptors (Lipinski definition) is 4. The van der Waals surface area contributed by atoms with E-state index in [-0.39, 0.29) is 33.3 Å². The summed E-state index contributed by atoms with van der Waals surface area (Å²) in [6.07, 6.45) is 0. The molecule has 2 aromatic carbocycles. The molecule has 7 heteroatoms. The summed E-state index contributed by atoms with van der Waals surface area (Å²) < 4.78 is 0. The highest BCUT2D eigenvalue weighted by Crippen LogP contribution is 2.27. The maximum absolute atomic E-state index is 12.0. The van der Waals surface area contributed by atoms with E-state index >= 15 is 0 Å². The topological polar surface area (TPSA) is 107 Å². The number of aromatic carboxylic acids is 1. The summed E-state index contributed by atoms with van der Waals surface area (Å²) >= 11 is 5.67. The van der Waals surface area contributed by atoms with Crippen molar-refractivity contribution in [3.05, 3.63) is 52.5 Å². The summed E-state index contributed by atoms with van der Waals surface area (Å²) in [4.78, 5) is 22.9. The van der Waals surface area contributed by atoms with Crippen LogP contribution in [-0.4, -0.2) is 27.2 Å². The Morgan fingerprint density at radius 3 is 2.33 bits per heavy atom. The molecule has 0 heterocycles. The minimum atomic E-state index is -1.19. The molecule has 2 rings (SSSR count). The van der Waals surface area contributed by atoms with Crippen molar-refractivity contribution in [2.45, 2.75) is 0 Å². The monoisotopic (exact) mass is 307 g/mol. The smallest absolute Gasteiger partial charge is 0.335 e. The molecule has 0 aliphatic carbocycles. The second-order valence-corrected chi connectivity index (χ2v) is 4.59. The highest BCUT2D eigenvalue weighted by molar-refractivity contribution is 6.31. The Morgan fingerprint density at radius 2 is 1.71 bits per heavy atom. The van der Waals surface area contributed by atoms with Crippen LogP contribution in [0.25, 0.3) is 0 Å². The van der Waals surface area contributed by atoms with E-state index in [1.165, 1.54) is 24.3 Å². The van der Waals surface area contributed by atoms with Crippen LogP contribution in [0.2, 0.25) is 5.02 Å². The lowest BCUT2D eigenvalue weighted by molar-refractivity contribution is 0.0696. The molecule has 2 aromatic rings. The molecule has 0 saturated heterocycles. The number of phenolic OH excluding ortho intramolecular Hbond substituents is 2. The third kappa shape index (κ3) is 3.24. The molecule has 0 fully saturated rings. The summed E-state index contributed by atoms with van der Waals surface area (Å²) in [6, 6.07) is 7.40. The van der Waals surface area contributed by atoms with Gasteiger partial charge in [0.05, 0.1) is 16.8 Å². The Balaban J connectivity index is 2.31. The number of carbonyl (C=O) groups is 2. The average molecular weight is 308 g/mol. The molecule has 0 aromatic heterocycles. The molecule has 0 aliphatic rings. The summed E-state index contributed by atoms with van der Waals surface area (Å²) in [5, 5.41) is 30.8. The molecule has 0 unspecified atom stereocenters. The van der Waals surface area contributed by atoms with E-state index in [1.807, 2.05) is 0 Å². The van der Waals surface area contributed by atoms with Gasteiger partial charge in [0, 0.05) is 5.02 Å². The van der Waals surface area contributed by atoms with Gasteiger partial charge in [0.15, 0.2) is 0 Å². The summed E-state index contributed by atoms with van der Waals surface area (Å²) in [5.41, 5.74) is -0.225. The lowest BCUT2D eigenvalue weighted by Gasteiger charge is -2.09. The number of rotatable bonds is 3. The summed E-state index contributed by atoms with van der Waals surface area (Å²) in [7, 11) is 0. The number of anilines is 1.